The zero-order chi connectivity index (χ0) is 16.9. The number of carbonyl (C=O) groups is 1. The minimum Gasteiger partial charge on any atom is -0.493 e. The van der Waals surface area contributed by atoms with E-state index in [2.05, 4.69) is 5.32 Å². The molecule has 1 atom stereocenters. The molecular formula is C20H29NO3. The molecule has 1 aromatic rings. The molecule has 0 aromatic heterocycles. The number of benzene rings is 1. The zero-order valence-corrected chi connectivity index (χ0v) is 14.8. The molecular weight excluding hydrogens is 302 g/mol. The predicted molar refractivity (Wildman–Crippen MR) is 94.4 cm³/mol. The van der Waals surface area contributed by atoms with Gasteiger partial charge in [-0.2, -0.15) is 0 Å². The van der Waals surface area contributed by atoms with Crippen LogP contribution >= 0.6 is 0 Å². The van der Waals surface area contributed by atoms with Crippen LogP contribution in [-0.4, -0.2) is 19.1 Å². The Balaban J connectivity index is 1.65. The van der Waals surface area contributed by atoms with Crippen molar-refractivity contribution in [2.45, 2.75) is 70.4 Å². The normalized spacial score (nSPS) is 20.1. The number of ether oxygens (including phenoxy) is 2. The number of hydrogen-bond acceptors (Lipinski definition) is 3. The highest BCUT2D eigenvalue weighted by Crippen LogP contribution is 2.34. The van der Waals surface area contributed by atoms with Gasteiger partial charge in [0, 0.05) is 5.92 Å². The van der Waals surface area contributed by atoms with Gasteiger partial charge in [0.25, 0.3) is 0 Å². The summed E-state index contributed by atoms with van der Waals surface area (Å²) in [5.41, 5.74) is 1.05. The number of hydrogen-bond donors (Lipinski definition) is 1. The minimum atomic E-state index is -0.0208. The Labute approximate surface area is 144 Å². The first-order chi connectivity index (χ1) is 11.7. The number of rotatable bonds is 6. The van der Waals surface area contributed by atoms with E-state index in [1.165, 1.54) is 25.7 Å². The molecule has 2 saturated carbocycles. The van der Waals surface area contributed by atoms with Crippen LogP contribution in [-0.2, 0) is 4.79 Å². The molecule has 0 radical (unpaired) electrons. The summed E-state index contributed by atoms with van der Waals surface area (Å²) < 4.78 is 11.6. The van der Waals surface area contributed by atoms with Gasteiger partial charge >= 0.3 is 0 Å². The molecule has 4 nitrogen and oxygen atoms in total. The van der Waals surface area contributed by atoms with E-state index in [4.69, 9.17) is 9.47 Å². The average molecular weight is 331 g/mol. The Morgan fingerprint density at radius 3 is 2.42 bits per heavy atom. The highest BCUT2D eigenvalue weighted by atomic mass is 16.5. The van der Waals surface area contributed by atoms with E-state index in [-0.39, 0.29) is 17.9 Å². The number of amides is 1. The van der Waals surface area contributed by atoms with Gasteiger partial charge in [-0.1, -0.05) is 18.9 Å². The molecule has 0 heterocycles. The summed E-state index contributed by atoms with van der Waals surface area (Å²) in [7, 11) is 1.67. The van der Waals surface area contributed by atoms with Crippen LogP contribution in [0, 0.1) is 5.92 Å². The van der Waals surface area contributed by atoms with Crippen molar-refractivity contribution in [3.8, 4) is 11.5 Å². The number of carbonyl (C=O) groups excluding carboxylic acids is 1. The lowest BCUT2D eigenvalue weighted by Gasteiger charge is -2.20. The predicted octanol–water partition coefficient (Wildman–Crippen LogP) is 4.38. The van der Waals surface area contributed by atoms with Crippen molar-refractivity contribution in [2.24, 2.45) is 5.92 Å². The molecule has 1 aromatic carbocycles. The van der Waals surface area contributed by atoms with Crippen molar-refractivity contribution >= 4 is 5.91 Å². The third-order valence-corrected chi connectivity index (χ3v) is 5.37. The molecule has 2 aliphatic carbocycles. The van der Waals surface area contributed by atoms with E-state index in [1.54, 1.807) is 7.11 Å². The number of nitrogens with one attached hydrogen (secondary N) is 1. The Kier molecular flexibility index (Phi) is 5.64. The van der Waals surface area contributed by atoms with E-state index in [1.807, 2.05) is 25.1 Å². The van der Waals surface area contributed by atoms with Gasteiger partial charge in [-0.25, -0.2) is 0 Å². The third kappa shape index (κ3) is 4.03. The quantitative estimate of drug-likeness (QED) is 0.841. The van der Waals surface area contributed by atoms with Gasteiger partial charge in [-0.15, -0.1) is 0 Å². The molecule has 132 valence electrons. The first-order valence-electron chi connectivity index (χ1n) is 9.32. The Morgan fingerprint density at radius 2 is 1.75 bits per heavy atom. The molecule has 1 N–H and O–H groups in total. The fraction of sp³-hybridized carbons (Fsp3) is 0.650. The van der Waals surface area contributed by atoms with Gasteiger partial charge in [0.05, 0.1) is 19.3 Å². The molecule has 0 saturated heterocycles. The lowest BCUT2D eigenvalue weighted by atomic mass is 10.0. The number of methoxy groups -OCH3 is 1. The molecule has 3 rings (SSSR count). The summed E-state index contributed by atoms with van der Waals surface area (Å²) in [6, 6.07) is 5.98. The van der Waals surface area contributed by atoms with Crippen molar-refractivity contribution < 1.29 is 14.3 Å². The van der Waals surface area contributed by atoms with Gasteiger partial charge in [0.1, 0.15) is 0 Å². The second-order valence-corrected chi connectivity index (χ2v) is 7.15. The Bertz CT molecular complexity index is 560. The van der Waals surface area contributed by atoms with Crippen LogP contribution in [0.1, 0.15) is 69.9 Å². The van der Waals surface area contributed by atoms with Crippen LogP contribution in [0.5, 0.6) is 11.5 Å². The molecule has 0 spiro atoms. The van der Waals surface area contributed by atoms with E-state index < -0.39 is 0 Å². The Hall–Kier alpha value is -1.71. The van der Waals surface area contributed by atoms with Crippen molar-refractivity contribution in [2.75, 3.05) is 7.11 Å². The maximum absolute atomic E-state index is 12.3. The summed E-state index contributed by atoms with van der Waals surface area (Å²) >= 11 is 0. The topological polar surface area (TPSA) is 47.6 Å². The van der Waals surface area contributed by atoms with Crippen LogP contribution in [0.3, 0.4) is 0 Å². The second-order valence-electron chi connectivity index (χ2n) is 7.15. The molecule has 1 amide bonds. The largest absolute Gasteiger partial charge is 0.493 e. The molecule has 24 heavy (non-hydrogen) atoms. The van der Waals surface area contributed by atoms with Gasteiger partial charge in [-0.05, 0) is 63.1 Å². The maximum Gasteiger partial charge on any atom is 0.223 e. The van der Waals surface area contributed by atoms with Crippen molar-refractivity contribution in [3.05, 3.63) is 23.8 Å². The monoisotopic (exact) mass is 331 g/mol. The molecule has 0 aliphatic heterocycles. The summed E-state index contributed by atoms with van der Waals surface area (Å²) in [5, 5.41) is 3.15. The second kappa shape index (κ2) is 7.91. The average Bonchev–Trinajstić information content (AvgIpc) is 3.28. The summed E-state index contributed by atoms with van der Waals surface area (Å²) in [6.07, 6.45) is 9.44. The van der Waals surface area contributed by atoms with Crippen LogP contribution in [0.2, 0.25) is 0 Å². The van der Waals surface area contributed by atoms with Gasteiger partial charge in [0.15, 0.2) is 11.5 Å². The smallest absolute Gasteiger partial charge is 0.223 e. The van der Waals surface area contributed by atoms with Crippen molar-refractivity contribution in [1.82, 2.24) is 5.32 Å². The fourth-order valence-electron chi connectivity index (χ4n) is 3.84. The van der Waals surface area contributed by atoms with Gasteiger partial charge < -0.3 is 14.8 Å². The lowest BCUT2D eigenvalue weighted by Crippen LogP contribution is -2.31. The fourth-order valence-corrected chi connectivity index (χ4v) is 3.84. The lowest BCUT2D eigenvalue weighted by molar-refractivity contribution is -0.125. The first kappa shape index (κ1) is 17.1. The van der Waals surface area contributed by atoms with Crippen LogP contribution in [0.15, 0.2) is 18.2 Å². The molecule has 2 aliphatic rings. The zero-order valence-electron chi connectivity index (χ0n) is 14.8. The summed E-state index contributed by atoms with van der Waals surface area (Å²) in [5.74, 6) is 1.94. The SMILES string of the molecule is COc1cc([C@@H](C)NC(=O)C2CCCC2)ccc1OC1CCCC1. The molecule has 0 bridgehead atoms. The summed E-state index contributed by atoms with van der Waals surface area (Å²) in [4.78, 5) is 12.3. The van der Waals surface area contributed by atoms with Gasteiger partial charge in [-0.3, -0.25) is 4.79 Å². The van der Waals surface area contributed by atoms with Crippen LogP contribution < -0.4 is 14.8 Å². The van der Waals surface area contributed by atoms with E-state index >= 15 is 0 Å². The summed E-state index contributed by atoms with van der Waals surface area (Å²) in [6.45, 7) is 2.03. The van der Waals surface area contributed by atoms with E-state index in [0.29, 0.717) is 6.10 Å². The van der Waals surface area contributed by atoms with Crippen molar-refractivity contribution in [3.63, 3.8) is 0 Å². The van der Waals surface area contributed by atoms with Crippen LogP contribution in [0.25, 0.3) is 0 Å². The van der Waals surface area contributed by atoms with E-state index in [0.717, 1.165) is 42.7 Å². The highest BCUT2D eigenvalue weighted by molar-refractivity contribution is 5.79. The van der Waals surface area contributed by atoms with E-state index in [9.17, 15) is 4.79 Å². The maximum atomic E-state index is 12.3. The third-order valence-electron chi connectivity index (χ3n) is 5.37. The van der Waals surface area contributed by atoms with Crippen LogP contribution in [0.4, 0.5) is 0 Å². The highest BCUT2D eigenvalue weighted by Gasteiger charge is 2.24. The molecule has 4 heteroatoms. The van der Waals surface area contributed by atoms with Gasteiger partial charge in [0.2, 0.25) is 5.91 Å². The van der Waals surface area contributed by atoms with Crippen molar-refractivity contribution in [1.29, 1.82) is 0 Å². The Morgan fingerprint density at radius 1 is 1.08 bits per heavy atom. The minimum absolute atomic E-state index is 0.0208. The molecule has 2 fully saturated rings. The molecule has 0 unspecified atom stereocenters. The first-order valence-corrected chi connectivity index (χ1v) is 9.32. The standard InChI is InChI=1S/C20H29NO3/c1-14(21-20(22)15-7-3-4-8-15)16-11-12-18(19(13-16)23-2)24-17-9-5-6-10-17/h11-15,17H,3-10H2,1-2H3,(H,21,22)/t14-/m1/s1.